The van der Waals surface area contributed by atoms with Crippen molar-refractivity contribution in [1.82, 2.24) is 4.98 Å². The van der Waals surface area contributed by atoms with E-state index in [1.807, 2.05) is 30.3 Å². The summed E-state index contributed by atoms with van der Waals surface area (Å²) < 4.78 is 13.3. The second kappa shape index (κ2) is 4.74. The maximum absolute atomic E-state index is 13.3. The standard InChI is InChI=1S/C16H10FNO2/c17-11-6-7-14-12(8-11)13(16(19)20)9-15(18-14)10-4-2-1-3-5-10/h1-9H,(H,19,20)/p-1. The molecule has 0 aliphatic rings. The average Bonchev–Trinajstić information content (AvgIpc) is 2.47. The molecule has 3 nitrogen and oxygen atoms in total. The fourth-order valence-corrected chi connectivity index (χ4v) is 2.12. The van der Waals surface area contributed by atoms with E-state index in [0.29, 0.717) is 11.2 Å². The minimum absolute atomic E-state index is 0.0617. The number of carbonyl (C=O) groups is 1. The minimum atomic E-state index is -1.35. The van der Waals surface area contributed by atoms with Crippen LogP contribution >= 0.6 is 0 Å². The maximum atomic E-state index is 13.3. The summed E-state index contributed by atoms with van der Waals surface area (Å²) in [4.78, 5) is 15.6. The van der Waals surface area contributed by atoms with Crippen LogP contribution in [0.1, 0.15) is 10.4 Å². The average molecular weight is 266 g/mol. The highest BCUT2D eigenvalue weighted by molar-refractivity contribution is 6.02. The molecular weight excluding hydrogens is 257 g/mol. The third-order valence-electron chi connectivity index (χ3n) is 3.06. The summed E-state index contributed by atoms with van der Waals surface area (Å²) in [6, 6.07) is 14.5. The number of hydrogen-bond acceptors (Lipinski definition) is 3. The largest absolute Gasteiger partial charge is 0.545 e. The van der Waals surface area contributed by atoms with E-state index in [1.165, 1.54) is 18.2 Å². The Hall–Kier alpha value is -2.75. The number of hydrogen-bond donors (Lipinski definition) is 0. The molecule has 3 aromatic rings. The molecule has 0 bridgehead atoms. The summed E-state index contributed by atoms with van der Waals surface area (Å²) in [5.41, 5.74) is 1.67. The Balaban J connectivity index is 2.32. The molecule has 0 radical (unpaired) electrons. The molecule has 98 valence electrons. The van der Waals surface area contributed by atoms with Crippen molar-refractivity contribution in [2.45, 2.75) is 0 Å². The van der Waals surface area contributed by atoms with Gasteiger partial charge in [-0.3, -0.25) is 0 Å². The van der Waals surface area contributed by atoms with E-state index in [-0.39, 0.29) is 10.9 Å². The quantitative estimate of drug-likeness (QED) is 0.715. The van der Waals surface area contributed by atoms with Gasteiger partial charge in [0, 0.05) is 16.5 Å². The third kappa shape index (κ3) is 2.12. The Labute approximate surface area is 114 Å². The highest BCUT2D eigenvalue weighted by Gasteiger charge is 2.09. The van der Waals surface area contributed by atoms with E-state index in [0.717, 1.165) is 11.6 Å². The van der Waals surface area contributed by atoms with Crippen molar-refractivity contribution in [1.29, 1.82) is 0 Å². The molecule has 2 aromatic carbocycles. The lowest BCUT2D eigenvalue weighted by molar-refractivity contribution is -0.254. The van der Waals surface area contributed by atoms with Crippen LogP contribution in [0.3, 0.4) is 0 Å². The van der Waals surface area contributed by atoms with Crippen LogP contribution in [-0.2, 0) is 0 Å². The molecule has 0 saturated heterocycles. The number of nitrogens with zero attached hydrogens (tertiary/aromatic N) is 1. The van der Waals surface area contributed by atoms with Crippen LogP contribution in [0, 0.1) is 5.82 Å². The first-order valence-electron chi connectivity index (χ1n) is 6.02. The summed E-state index contributed by atoms with van der Waals surface area (Å²) in [6.07, 6.45) is 0. The zero-order valence-electron chi connectivity index (χ0n) is 10.3. The number of fused-ring (bicyclic) bond motifs is 1. The van der Waals surface area contributed by atoms with E-state index in [2.05, 4.69) is 4.98 Å². The van der Waals surface area contributed by atoms with Crippen LogP contribution in [0.2, 0.25) is 0 Å². The number of benzene rings is 2. The number of halogens is 1. The van der Waals surface area contributed by atoms with Gasteiger partial charge in [0.2, 0.25) is 0 Å². The van der Waals surface area contributed by atoms with Crippen molar-refractivity contribution in [3.05, 3.63) is 66.0 Å². The van der Waals surface area contributed by atoms with Crippen molar-refractivity contribution in [3.8, 4) is 11.3 Å². The molecule has 0 fully saturated rings. The monoisotopic (exact) mass is 266 g/mol. The van der Waals surface area contributed by atoms with E-state index in [1.54, 1.807) is 0 Å². The molecule has 4 heteroatoms. The lowest BCUT2D eigenvalue weighted by Crippen LogP contribution is -2.22. The smallest absolute Gasteiger partial charge is 0.123 e. The lowest BCUT2D eigenvalue weighted by atomic mass is 10.0. The number of carboxylic acids is 1. The second-order valence-electron chi connectivity index (χ2n) is 4.37. The van der Waals surface area contributed by atoms with E-state index < -0.39 is 11.8 Å². The van der Waals surface area contributed by atoms with Gasteiger partial charge in [0.05, 0.1) is 17.2 Å². The Morgan fingerprint density at radius 1 is 1.05 bits per heavy atom. The molecule has 20 heavy (non-hydrogen) atoms. The summed E-state index contributed by atoms with van der Waals surface area (Å²) in [5, 5.41) is 11.5. The Kier molecular flexibility index (Phi) is 2.91. The lowest BCUT2D eigenvalue weighted by Gasteiger charge is -2.10. The topological polar surface area (TPSA) is 53.0 Å². The molecule has 0 N–H and O–H groups in total. The van der Waals surface area contributed by atoms with Gasteiger partial charge in [-0.2, -0.15) is 0 Å². The van der Waals surface area contributed by atoms with Crippen LogP contribution in [0.15, 0.2) is 54.6 Å². The van der Waals surface area contributed by atoms with Gasteiger partial charge in [0.1, 0.15) is 5.82 Å². The number of carboxylic acid groups (broad SMARTS) is 1. The van der Waals surface area contributed by atoms with Gasteiger partial charge in [-0.05, 0) is 24.3 Å². The van der Waals surface area contributed by atoms with E-state index in [4.69, 9.17) is 0 Å². The number of rotatable bonds is 2. The minimum Gasteiger partial charge on any atom is -0.545 e. The van der Waals surface area contributed by atoms with Crippen molar-refractivity contribution in [2.24, 2.45) is 0 Å². The highest BCUT2D eigenvalue weighted by Crippen LogP contribution is 2.25. The molecule has 0 atom stereocenters. The number of aromatic nitrogens is 1. The molecule has 0 aliphatic carbocycles. The molecule has 0 aliphatic heterocycles. The molecular formula is C16H9FNO2-. The van der Waals surface area contributed by atoms with Crippen molar-refractivity contribution in [3.63, 3.8) is 0 Å². The Bertz CT molecular complexity index is 800. The maximum Gasteiger partial charge on any atom is 0.123 e. The van der Waals surface area contributed by atoms with Crippen LogP contribution in [0.25, 0.3) is 22.2 Å². The van der Waals surface area contributed by atoms with Gasteiger partial charge < -0.3 is 9.90 Å². The Morgan fingerprint density at radius 3 is 2.50 bits per heavy atom. The molecule has 0 amide bonds. The fraction of sp³-hybridized carbons (Fsp3) is 0. The second-order valence-corrected chi connectivity index (χ2v) is 4.37. The number of aromatic carboxylic acids is 1. The third-order valence-corrected chi connectivity index (χ3v) is 3.06. The van der Waals surface area contributed by atoms with E-state index >= 15 is 0 Å². The predicted molar refractivity (Wildman–Crippen MR) is 71.5 cm³/mol. The van der Waals surface area contributed by atoms with Crippen LogP contribution in [0.5, 0.6) is 0 Å². The van der Waals surface area contributed by atoms with E-state index in [9.17, 15) is 14.3 Å². The highest BCUT2D eigenvalue weighted by atomic mass is 19.1. The molecule has 3 rings (SSSR count). The molecule has 0 unspecified atom stereocenters. The zero-order chi connectivity index (χ0) is 14.1. The Morgan fingerprint density at radius 2 is 1.80 bits per heavy atom. The fourth-order valence-electron chi connectivity index (χ4n) is 2.12. The molecule has 1 aromatic heterocycles. The van der Waals surface area contributed by atoms with Crippen LogP contribution < -0.4 is 5.11 Å². The van der Waals surface area contributed by atoms with Gasteiger partial charge in [0.25, 0.3) is 0 Å². The van der Waals surface area contributed by atoms with Crippen molar-refractivity contribution >= 4 is 16.9 Å². The van der Waals surface area contributed by atoms with Gasteiger partial charge >= 0.3 is 0 Å². The summed E-state index contributed by atoms with van der Waals surface area (Å²) >= 11 is 0. The van der Waals surface area contributed by atoms with Gasteiger partial charge in [-0.25, -0.2) is 9.37 Å². The van der Waals surface area contributed by atoms with Crippen LogP contribution in [0.4, 0.5) is 4.39 Å². The SMILES string of the molecule is O=C([O-])c1cc(-c2ccccc2)nc2ccc(F)cc12. The summed E-state index contributed by atoms with van der Waals surface area (Å²) in [5.74, 6) is -1.85. The first-order valence-corrected chi connectivity index (χ1v) is 6.02. The van der Waals surface area contributed by atoms with Gasteiger partial charge in [-0.15, -0.1) is 0 Å². The normalized spacial score (nSPS) is 10.7. The van der Waals surface area contributed by atoms with Crippen molar-refractivity contribution < 1.29 is 14.3 Å². The zero-order valence-corrected chi connectivity index (χ0v) is 10.3. The first-order chi connectivity index (χ1) is 9.65. The number of pyridine rings is 1. The van der Waals surface area contributed by atoms with Gasteiger partial charge in [0.15, 0.2) is 0 Å². The van der Waals surface area contributed by atoms with Gasteiger partial charge in [-0.1, -0.05) is 30.3 Å². The van der Waals surface area contributed by atoms with Crippen molar-refractivity contribution in [2.75, 3.05) is 0 Å². The first kappa shape index (κ1) is 12.3. The molecule has 1 heterocycles. The summed E-state index contributed by atoms with van der Waals surface area (Å²) in [6.45, 7) is 0. The molecule has 0 spiro atoms. The summed E-state index contributed by atoms with van der Waals surface area (Å²) in [7, 11) is 0. The molecule has 0 saturated carbocycles. The van der Waals surface area contributed by atoms with Crippen LogP contribution in [-0.4, -0.2) is 11.0 Å². The predicted octanol–water partition coefficient (Wildman–Crippen LogP) is 2.40. The number of carbonyl (C=O) groups excluding carboxylic acids is 1.